The molecule has 2 aromatic rings. The van der Waals surface area contributed by atoms with Gasteiger partial charge in [0.15, 0.2) is 5.75 Å². The van der Waals surface area contributed by atoms with Crippen molar-refractivity contribution in [1.82, 2.24) is 10.2 Å². The van der Waals surface area contributed by atoms with E-state index in [2.05, 4.69) is 16.0 Å². The van der Waals surface area contributed by atoms with Gasteiger partial charge in [0.25, 0.3) is 5.91 Å². The number of esters is 1. The Morgan fingerprint density at radius 1 is 1.32 bits per heavy atom. The van der Waals surface area contributed by atoms with Crippen LogP contribution in [0.25, 0.3) is 6.08 Å². The maximum absolute atomic E-state index is 12.8. The first kappa shape index (κ1) is 23.9. The SMILES string of the molecule is C#CCOc1c(OCC)cc(C=C2NC(=O)N(Cc3ccc(C(=O)OC)o3)C2=O)cc1[N+](=O)[O-]. The Balaban J connectivity index is 1.90. The molecule has 1 aliphatic heterocycles. The van der Waals surface area contributed by atoms with Gasteiger partial charge in [0.05, 0.1) is 25.2 Å². The van der Waals surface area contributed by atoms with Crippen molar-refractivity contribution < 1.29 is 37.9 Å². The van der Waals surface area contributed by atoms with Crippen LogP contribution in [-0.4, -0.2) is 48.1 Å². The van der Waals surface area contributed by atoms with E-state index in [1.54, 1.807) is 6.92 Å². The lowest BCUT2D eigenvalue weighted by Gasteiger charge is -2.12. The van der Waals surface area contributed by atoms with Crippen LogP contribution < -0.4 is 14.8 Å². The lowest BCUT2D eigenvalue weighted by Crippen LogP contribution is -2.30. The summed E-state index contributed by atoms with van der Waals surface area (Å²) in [5.74, 6) is 0.830. The van der Waals surface area contributed by atoms with Gasteiger partial charge in [-0.2, -0.15) is 0 Å². The van der Waals surface area contributed by atoms with Crippen molar-refractivity contribution in [2.24, 2.45) is 0 Å². The molecule has 12 nitrogen and oxygen atoms in total. The maximum Gasteiger partial charge on any atom is 0.373 e. The van der Waals surface area contributed by atoms with Gasteiger partial charge in [0, 0.05) is 6.07 Å². The number of methoxy groups -OCH3 is 1. The lowest BCUT2D eigenvalue weighted by atomic mass is 10.1. The minimum atomic E-state index is -0.735. The largest absolute Gasteiger partial charge is 0.490 e. The number of nitro benzene ring substituents is 1. The zero-order chi connectivity index (χ0) is 24.8. The third-order valence-electron chi connectivity index (χ3n) is 4.49. The van der Waals surface area contributed by atoms with Gasteiger partial charge in [-0.1, -0.05) is 5.92 Å². The Kier molecular flexibility index (Phi) is 7.17. The molecule has 2 heterocycles. The van der Waals surface area contributed by atoms with Gasteiger partial charge in [-0.05, 0) is 36.8 Å². The van der Waals surface area contributed by atoms with E-state index in [0.29, 0.717) is 0 Å². The highest BCUT2D eigenvalue weighted by molar-refractivity contribution is 6.13. The second kappa shape index (κ2) is 10.2. The van der Waals surface area contributed by atoms with Gasteiger partial charge >= 0.3 is 17.7 Å². The number of rotatable bonds is 9. The van der Waals surface area contributed by atoms with Crippen LogP contribution in [0, 0.1) is 22.5 Å². The molecule has 12 heteroatoms. The number of carbonyl (C=O) groups is 3. The zero-order valence-corrected chi connectivity index (χ0v) is 18.2. The molecule has 3 amide bonds. The van der Waals surface area contributed by atoms with Crippen LogP contribution in [0.4, 0.5) is 10.5 Å². The van der Waals surface area contributed by atoms with Gasteiger partial charge in [-0.25, -0.2) is 9.59 Å². The molecule has 1 fully saturated rings. The minimum Gasteiger partial charge on any atom is -0.490 e. The lowest BCUT2D eigenvalue weighted by molar-refractivity contribution is -0.385. The number of benzene rings is 1. The topological polar surface area (TPSA) is 150 Å². The summed E-state index contributed by atoms with van der Waals surface area (Å²) in [6.45, 7) is 1.40. The van der Waals surface area contributed by atoms with Gasteiger partial charge in [0.2, 0.25) is 11.5 Å². The average molecular weight is 469 g/mol. The molecule has 0 unspecified atom stereocenters. The Morgan fingerprint density at radius 2 is 2.09 bits per heavy atom. The molecule has 1 N–H and O–H groups in total. The number of amides is 3. The summed E-state index contributed by atoms with van der Waals surface area (Å²) in [6, 6.07) is 4.64. The summed E-state index contributed by atoms with van der Waals surface area (Å²) >= 11 is 0. The molecule has 0 atom stereocenters. The Hall–Kier alpha value is -4.79. The fourth-order valence-corrected chi connectivity index (χ4v) is 3.06. The molecule has 176 valence electrons. The van der Waals surface area contributed by atoms with E-state index in [1.807, 2.05) is 0 Å². The van der Waals surface area contributed by atoms with E-state index >= 15 is 0 Å². The Bertz CT molecular complexity index is 1220. The summed E-state index contributed by atoms with van der Waals surface area (Å²) in [7, 11) is 1.19. The molecule has 0 aliphatic carbocycles. The Labute approximate surface area is 193 Å². The van der Waals surface area contributed by atoms with E-state index in [9.17, 15) is 24.5 Å². The first-order valence-electron chi connectivity index (χ1n) is 9.82. The number of furan rings is 1. The number of hydrogen-bond acceptors (Lipinski definition) is 9. The van der Waals surface area contributed by atoms with Crippen LogP contribution in [-0.2, 0) is 16.1 Å². The normalized spacial score (nSPS) is 14.0. The summed E-state index contributed by atoms with van der Waals surface area (Å²) in [6.07, 6.45) is 6.44. The Morgan fingerprint density at radius 3 is 2.74 bits per heavy atom. The standard InChI is InChI=1S/C22H19N3O9/c1-4-8-33-19-16(25(29)30)10-13(11-18(19)32-5-2)9-15-20(26)24(22(28)23-15)12-14-6-7-17(34-14)21(27)31-3/h1,6-7,9-11H,5,8,12H2,2-3H3,(H,23,28). The van der Waals surface area contributed by atoms with Crippen LogP contribution in [0.2, 0.25) is 0 Å². The van der Waals surface area contributed by atoms with Gasteiger partial charge < -0.3 is 23.9 Å². The monoisotopic (exact) mass is 469 g/mol. The van der Waals surface area contributed by atoms with Crippen molar-refractivity contribution in [3.63, 3.8) is 0 Å². The number of urea groups is 1. The van der Waals surface area contributed by atoms with E-state index < -0.39 is 28.5 Å². The smallest absolute Gasteiger partial charge is 0.373 e. The molecule has 0 spiro atoms. The fourth-order valence-electron chi connectivity index (χ4n) is 3.06. The maximum atomic E-state index is 12.8. The minimum absolute atomic E-state index is 0.0540. The van der Waals surface area contributed by atoms with Crippen molar-refractivity contribution in [3.05, 3.63) is 57.2 Å². The number of nitro groups is 1. The number of nitrogens with zero attached hydrogens (tertiary/aromatic N) is 2. The molecular weight excluding hydrogens is 450 g/mol. The van der Waals surface area contributed by atoms with Crippen LogP contribution in [0.1, 0.15) is 28.8 Å². The third-order valence-corrected chi connectivity index (χ3v) is 4.49. The van der Waals surface area contributed by atoms with Gasteiger partial charge in [-0.15, -0.1) is 6.42 Å². The number of ether oxygens (including phenoxy) is 3. The number of hydrogen-bond donors (Lipinski definition) is 1. The van der Waals surface area contributed by atoms with E-state index in [-0.39, 0.29) is 54.0 Å². The molecule has 1 aromatic carbocycles. The predicted molar refractivity (Wildman–Crippen MR) is 116 cm³/mol. The van der Waals surface area contributed by atoms with Crippen LogP contribution in [0.3, 0.4) is 0 Å². The zero-order valence-electron chi connectivity index (χ0n) is 18.2. The second-order valence-electron chi connectivity index (χ2n) is 6.69. The van der Waals surface area contributed by atoms with Crippen molar-refractivity contribution in [2.75, 3.05) is 20.3 Å². The molecule has 1 aromatic heterocycles. The first-order valence-corrected chi connectivity index (χ1v) is 9.82. The number of terminal acetylenes is 1. The molecule has 0 radical (unpaired) electrons. The summed E-state index contributed by atoms with van der Waals surface area (Å²) in [5, 5.41) is 14.0. The highest BCUT2D eigenvalue weighted by atomic mass is 16.6. The average Bonchev–Trinajstić information content (AvgIpc) is 3.38. The molecule has 0 bridgehead atoms. The predicted octanol–water partition coefficient (Wildman–Crippen LogP) is 2.48. The quantitative estimate of drug-likeness (QED) is 0.146. The third kappa shape index (κ3) is 4.99. The molecule has 34 heavy (non-hydrogen) atoms. The highest BCUT2D eigenvalue weighted by Crippen LogP contribution is 2.39. The van der Waals surface area contributed by atoms with Gasteiger partial charge in [-0.3, -0.25) is 19.8 Å². The van der Waals surface area contributed by atoms with Crippen LogP contribution in [0.5, 0.6) is 11.5 Å². The number of imide groups is 1. The van der Waals surface area contributed by atoms with Crippen molar-refractivity contribution in [1.29, 1.82) is 0 Å². The van der Waals surface area contributed by atoms with Gasteiger partial charge in [0.1, 0.15) is 18.1 Å². The van der Waals surface area contributed by atoms with Crippen LogP contribution >= 0.6 is 0 Å². The molecule has 0 saturated carbocycles. The molecule has 1 aliphatic rings. The van der Waals surface area contributed by atoms with E-state index in [4.69, 9.17) is 20.3 Å². The van der Waals surface area contributed by atoms with Crippen molar-refractivity contribution in [3.8, 4) is 23.8 Å². The van der Waals surface area contributed by atoms with Crippen molar-refractivity contribution >= 4 is 29.7 Å². The molecular formula is C22H19N3O9. The second-order valence-corrected chi connectivity index (χ2v) is 6.69. The van der Waals surface area contributed by atoms with Crippen molar-refractivity contribution in [2.45, 2.75) is 13.5 Å². The first-order chi connectivity index (χ1) is 16.3. The molecule has 1 saturated heterocycles. The molecule has 3 rings (SSSR count). The highest BCUT2D eigenvalue weighted by Gasteiger charge is 2.35. The number of nitrogens with one attached hydrogen (secondary N) is 1. The van der Waals surface area contributed by atoms with E-state index in [0.717, 1.165) is 4.90 Å². The fraction of sp³-hybridized carbons (Fsp3) is 0.227. The number of carbonyl (C=O) groups excluding carboxylic acids is 3. The summed E-state index contributed by atoms with van der Waals surface area (Å²) in [5.41, 5.74) is -0.342. The van der Waals surface area contributed by atoms with Crippen LogP contribution in [0.15, 0.2) is 34.4 Å². The van der Waals surface area contributed by atoms with E-state index in [1.165, 1.54) is 37.5 Å². The summed E-state index contributed by atoms with van der Waals surface area (Å²) < 4.78 is 20.6. The summed E-state index contributed by atoms with van der Waals surface area (Å²) in [4.78, 5) is 48.4.